The van der Waals surface area contributed by atoms with Gasteiger partial charge in [0.2, 0.25) is 0 Å². The molecule has 17 heavy (non-hydrogen) atoms. The summed E-state index contributed by atoms with van der Waals surface area (Å²) in [5.41, 5.74) is 1.84. The third kappa shape index (κ3) is 2.03. The van der Waals surface area contributed by atoms with Gasteiger partial charge in [0.1, 0.15) is 11.0 Å². The molecule has 5 heteroatoms. The van der Waals surface area contributed by atoms with Crippen molar-refractivity contribution in [2.75, 3.05) is 20.1 Å². The second-order valence-corrected chi connectivity index (χ2v) is 5.20. The summed E-state index contributed by atoms with van der Waals surface area (Å²) >= 11 is 6.21. The van der Waals surface area contributed by atoms with Gasteiger partial charge in [-0.1, -0.05) is 22.9 Å². The first kappa shape index (κ1) is 11.0. The Bertz CT molecular complexity index is 536. The summed E-state index contributed by atoms with van der Waals surface area (Å²) in [6, 6.07) is 5.75. The number of para-hydroxylation sites is 1. The van der Waals surface area contributed by atoms with Crippen molar-refractivity contribution in [3.63, 3.8) is 0 Å². The number of rotatable bonds is 2. The SMILES string of the molecule is CN1CCC(Cn2nnc3cccc(Cl)c32)C1. The van der Waals surface area contributed by atoms with Crippen LogP contribution in [0.2, 0.25) is 5.02 Å². The van der Waals surface area contributed by atoms with Crippen molar-refractivity contribution in [3.8, 4) is 0 Å². The van der Waals surface area contributed by atoms with Crippen LogP contribution in [-0.4, -0.2) is 40.0 Å². The van der Waals surface area contributed by atoms with Crippen molar-refractivity contribution in [3.05, 3.63) is 23.2 Å². The van der Waals surface area contributed by atoms with Crippen LogP contribution in [0.1, 0.15) is 6.42 Å². The maximum Gasteiger partial charge on any atom is 0.114 e. The number of hydrogen-bond acceptors (Lipinski definition) is 3. The van der Waals surface area contributed by atoms with Crippen LogP contribution in [0, 0.1) is 5.92 Å². The van der Waals surface area contributed by atoms with Crippen molar-refractivity contribution >= 4 is 22.6 Å². The lowest BCUT2D eigenvalue weighted by Crippen LogP contribution is -2.17. The highest BCUT2D eigenvalue weighted by molar-refractivity contribution is 6.34. The number of nitrogens with zero attached hydrogens (tertiary/aromatic N) is 4. The quantitative estimate of drug-likeness (QED) is 0.818. The summed E-state index contributed by atoms with van der Waals surface area (Å²) in [5.74, 6) is 0.654. The molecule has 0 bridgehead atoms. The van der Waals surface area contributed by atoms with Gasteiger partial charge in [0, 0.05) is 13.1 Å². The van der Waals surface area contributed by atoms with Gasteiger partial charge in [-0.25, -0.2) is 4.68 Å². The van der Waals surface area contributed by atoms with E-state index in [2.05, 4.69) is 22.3 Å². The highest BCUT2D eigenvalue weighted by Crippen LogP contribution is 2.23. The highest BCUT2D eigenvalue weighted by atomic mass is 35.5. The molecule has 1 aromatic carbocycles. The predicted molar refractivity (Wildman–Crippen MR) is 68.1 cm³/mol. The number of benzene rings is 1. The van der Waals surface area contributed by atoms with Crippen LogP contribution in [0.4, 0.5) is 0 Å². The Morgan fingerprint density at radius 3 is 3.12 bits per heavy atom. The molecule has 1 unspecified atom stereocenters. The molecule has 1 aliphatic rings. The lowest BCUT2D eigenvalue weighted by Gasteiger charge is -2.10. The van der Waals surface area contributed by atoms with E-state index in [0.717, 1.165) is 29.1 Å². The van der Waals surface area contributed by atoms with E-state index in [1.807, 2.05) is 22.9 Å². The minimum atomic E-state index is 0.654. The molecule has 4 nitrogen and oxygen atoms in total. The lowest BCUT2D eigenvalue weighted by molar-refractivity contribution is 0.370. The number of hydrogen-bond donors (Lipinski definition) is 0. The molecule has 0 saturated carbocycles. The monoisotopic (exact) mass is 250 g/mol. The van der Waals surface area contributed by atoms with Gasteiger partial charge in [0.05, 0.1) is 5.02 Å². The fourth-order valence-corrected chi connectivity index (χ4v) is 2.80. The van der Waals surface area contributed by atoms with E-state index in [1.54, 1.807) is 0 Å². The summed E-state index contributed by atoms with van der Waals surface area (Å²) in [4.78, 5) is 2.35. The van der Waals surface area contributed by atoms with E-state index in [1.165, 1.54) is 13.0 Å². The van der Waals surface area contributed by atoms with Crippen LogP contribution in [-0.2, 0) is 6.54 Å². The third-order valence-corrected chi connectivity index (χ3v) is 3.71. The fraction of sp³-hybridized carbons (Fsp3) is 0.500. The molecule has 2 aromatic rings. The molecule has 0 N–H and O–H groups in total. The van der Waals surface area contributed by atoms with Crippen molar-refractivity contribution in [1.29, 1.82) is 0 Å². The molecule has 1 saturated heterocycles. The number of fused-ring (bicyclic) bond motifs is 1. The average molecular weight is 251 g/mol. The maximum atomic E-state index is 6.21. The lowest BCUT2D eigenvalue weighted by atomic mass is 10.1. The first-order chi connectivity index (χ1) is 8.24. The van der Waals surface area contributed by atoms with E-state index in [0.29, 0.717) is 5.92 Å². The number of aromatic nitrogens is 3. The van der Waals surface area contributed by atoms with Crippen molar-refractivity contribution in [2.45, 2.75) is 13.0 Å². The molecular formula is C12H15ClN4. The first-order valence-electron chi connectivity index (χ1n) is 5.90. The Hall–Kier alpha value is -1.13. The molecule has 90 valence electrons. The van der Waals surface area contributed by atoms with Crippen LogP contribution in [0.25, 0.3) is 11.0 Å². The van der Waals surface area contributed by atoms with Gasteiger partial charge in [-0.3, -0.25) is 0 Å². The second-order valence-electron chi connectivity index (χ2n) is 4.80. The maximum absolute atomic E-state index is 6.21. The first-order valence-corrected chi connectivity index (χ1v) is 6.28. The van der Waals surface area contributed by atoms with Gasteiger partial charge in [-0.2, -0.15) is 0 Å². The Balaban J connectivity index is 1.90. The van der Waals surface area contributed by atoms with Crippen molar-refractivity contribution in [2.24, 2.45) is 5.92 Å². The molecule has 1 aliphatic heterocycles. The van der Waals surface area contributed by atoms with E-state index >= 15 is 0 Å². The smallest absolute Gasteiger partial charge is 0.114 e. The molecule has 0 amide bonds. The van der Waals surface area contributed by atoms with Crippen molar-refractivity contribution in [1.82, 2.24) is 19.9 Å². The number of halogens is 1. The Labute approximate surface area is 105 Å². The largest absolute Gasteiger partial charge is 0.306 e. The fourth-order valence-electron chi connectivity index (χ4n) is 2.53. The van der Waals surface area contributed by atoms with E-state index < -0.39 is 0 Å². The predicted octanol–water partition coefficient (Wildman–Crippen LogP) is 2.04. The number of likely N-dealkylation sites (tertiary alicyclic amines) is 1. The molecule has 0 aliphatic carbocycles. The zero-order valence-electron chi connectivity index (χ0n) is 9.80. The molecule has 0 spiro atoms. The van der Waals surface area contributed by atoms with Crippen LogP contribution in [0.5, 0.6) is 0 Å². The summed E-state index contributed by atoms with van der Waals surface area (Å²) in [5, 5.41) is 9.10. The average Bonchev–Trinajstić information content (AvgIpc) is 2.88. The molecule has 1 aromatic heterocycles. The normalized spacial score (nSPS) is 21.4. The van der Waals surface area contributed by atoms with E-state index in [-0.39, 0.29) is 0 Å². The van der Waals surface area contributed by atoms with Crippen LogP contribution >= 0.6 is 11.6 Å². The van der Waals surface area contributed by atoms with Crippen LogP contribution < -0.4 is 0 Å². The molecular weight excluding hydrogens is 236 g/mol. The van der Waals surface area contributed by atoms with Gasteiger partial charge in [0.25, 0.3) is 0 Å². The molecule has 2 heterocycles. The molecule has 1 atom stereocenters. The van der Waals surface area contributed by atoms with E-state index in [4.69, 9.17) is 11.6 Å². The second kappa shape index (κ2) is 4.27. The molecule has 0 radical (unpaired) electrons. The summed E-state index contributed by atoms with van der Waals surface area (Å²) in [6.07, 6.45) is 1.22. The Kier molecular flexibility index (Phi) is 2.76. The minimum absolute atomic E-state index is 0.654. The Morgan fingerprint density at radius 2 is 2.35 bits per heavy atom. The van der Waals surface area contributed by atoms with Gasteiger partial charge in [-0.15, -0.1) is 5.10 Å². The van der Waals surface area contributed by atoms with Gasteiger partial charge < -0.3 is 4.90 Å². The summed E-state index contributed by atoms with van der Waals surface area (Å²) in [7, 11) is 2.16. The third-order valence-electron chi connectivity index (χ3n) is 3.40. The van der Waals surface area contributed by atoms with Crippen LogP contribution in [0.3, 0.4) is 0 Å². The van der Waals surface area contributed by atoms with Crippen LogP contribution in [0.15, 0.2) is 18.2 Å². The molecule has 3 rings (SSSR count). The topological polar surface area (TPSA) is 34.0 Å². The van der Waals surface area contributed by atoms with Crippen molar-refractivity contribution < 1.29 is 0 Å². The minimum Gasteiger partial charge on any atom is -0.306 e. The summed E-state index contributed by atoms with van der Waals surface area (Å²) < 4.78 is 1.95. The summed E-state index contributed by atoms with van der Waals surface area (Å²) in [6.45, 7) is 3.21. The van der Waals surface area contributed by atoms with E-state index in [9.17, 15) is 0 Å². The van der Waals surface area contributed by atoms with Gasteiger partial charge in [0.15, 0.2) is 0 Å². The zero-order valence-corrected chi connectivity index (χ0v) is 10.6. The van der Waals surface area contributed by atoms with Gasteiger partial charge in [-0.05, 0) is 38.1 Å². The Morgan fingerprint density at radius 1 is 1.47 bits per heavy atom. The zero-order chi connectivity index (χ0) is 11.8. The molecule has 1 fully saturated rings. The van der Waals surface area contributed by atoms with Gasteiger partial charge >= 0.3 is 0 Å². The highest BCUT2D eigenvalue weighted by Gasteiger charge is 2.21. The standard InChI is InChI=1S/C12H15ClN4/c1-16-6-5-9(7-16)8-17-12-10(13)3-2-4-11(12)14-15-17/h2-4,9H,5-8H2,1H3.